The Morgan fingerprint density at radius 1 is 0.944 bits per heavy atom. The highest BCUT2D eigenvalue weighted by atomic mass is 16.6. The van der Waals surface area contributed by atoms with E-state index < -0.39 is 0 Å². The molecule has 4 aromatic heterocycles. The molecular weight excluding hydrogens is 452 g/mol. The van der Waals surface area contributed by atoms with Crippen molar-refractivity contribution >= 4 is 43.6 Å². The number of benzene rings is 2. The third-order valence-corrected chi connectivity index (χ3v) is 7.62. The summed E-state index contributed by atoms with van der Waals surface area (Å²) < 4.78 is 16.0. The molecule has 1 N–H and O–H groups in total. The quantitative estimate of drug-likeness (QED) is 0.357. The van der Waals surface area contributed by atoms with Gasteiger partial charge in [-0.25, -0.2) is 4.98 Å². The minimum absolute atomic E-state index is 0.0186. The fourth-order valence-corrected chi connectivity index (χ4v) is 6.10. The number of aromatic nitrogens is 4. The standard InChI is InChI=1S/C29H26N4O3/c1-34-23-15-30-28(29-26(23)18-10-5-7-12-20(18)33(29)36-3)22-14-8-13-21-27-25(24(35-2)16-32(21)22)17-9-4-6-11-19(17)31-27/h4-7,9-12,15-16,22H,8,13-14H2,1-3H3/p+1. The van der Waals surface area contributed by atoms with E-state index in [9.17, 15) is 0 Å². The summed E-state index contributed by atoms with van der Waals surface area (Å²) in [7, 11) is 5.14. The van der Waals surface area contributed by atoms with Gasteiger partial charge in [-0.3, -0.25) is 0 Å². The highest BCUT2D eigenvalue weighted by Crippen LogP contribution is 2.41. The summed E-state index contributed by atoms with van der Waals surface area (Å²) in [6, 6.07) is 16.7. The number of aromatic amines is 1. The van der Waals surface area contributed by atoms with Crippen LogP contribution in [-0.4, -0.2) is 36.0 Å². The van der Waals surface area contributed by atoms with Crippen molar-refractivity contribution < 1.29 is 18.9 Å². The number of nitrogens with one attached hydrogen (secondary N) is 1. The van der Waals surface area contributed by atoms with Gasteiger partial charge in [-0.15, -0.1) is 0 Å². The monoisotopic (exact) mass is 479 g/mol. The van der Waals surface area contributed by atoms with E-state index in [0.717, 1.165) is 74.7 Å². The van der Waals surface area contributed by atoms with Gasteiger partial charge < -0.3 is 19.3 Å². The predicted octanol–water partition coefficient (Wildman–Crippen LogP) is 5.11. The van der Waals surface area contributed by atoms with Crippen molar-refractivity contribution in [1.29, 1.82) is 0 Å². The molecule has 6 aromatic rings. The van der Waals surface area contributed by atoms with Crippen LogP contribution in [0.1, 0.15) is 30.3 Å². The number of para-hydroxylation sites is 2. The lowest BCUT2D eigenvalue weighted by atomic mass is 9.95. The average Bonchev–Trinajstić information content (AvgIpc) is 3.48. The van der Waals surface area contributed by atoms with Gasteiger partial charge in [-0.05, 0) is 18.6 Å². The molecule has 1 unspecified atom stereocenters. The fraction of sp³-hybridized carbons (Fsp3) is 0.241. The van der Waals surface area contributed by atoms with Gasteiger partial charge in [-0.2, -0.15) is 9.30 Å². The molecule has 5 heterocycles. The predicted molar refractivity (Wildman–Crippen MR) is 140 cm³/mol. The number of H-pyrrole nitrogens is 1. The van der Waals surface area contributed by atoms with Crippen molar-refractivity contribution in [3.63, 3.8) is 0 Å². The molecule has 1 atom stereocenters. The zero-order valence-electron chi connectivity index (χ0n) is 20.5. The summed E-state index contributed by atoms with van der Waals surface area (Å²) >= 11 is 0. The van der Waals surface area contributed by atoms with E-state index in [2.05, 4.69) is 52.1 Å². The molecule has 7 nitrogen and oxygen atoms in total. The number of fused-ring (bicyclic) bond motifs is 8. The minimum atomic E-state index is 0.0186. The Balaban J connectivity index is 1.56. The zero-order chi connectivity index (χ0) is 24.4. The lowest BCUT2D eigenvalue weighted by molar-refractivity contribution is -0.725. The molecule has 0 amide bonds. The lowest BCUT2D eigenvalue weighted by Crippen LogP contribution is -2.47. The second-order valence-corrected chi connectivity index (χ2v) is 9.31. The first-order chi connectivity index (χ1) is 17.7. The molecule has 2 aromatic carbocycles. The van der Waals surface area contributed by atoms with Crippen LogP contribution >= 0.6 is 0 Å². The molecular formula is C29H27N4O3+. The van der Waals surface area contributed by atoms with Gasteiger partial charge in [0.2, 0.25) is 17.9 Å². The van der Waals surface area contributed by atoms with Crippen LogP contribution in [0.2, 0.25) is 0 Å². The highest BCUT2D eigenvalue weighted by Gasteiger charge is 2.37. The Bertz CT molecular complexity index is 1800. The van der Waals surface area contributed by atoms with Crippen molar-refractivity contribution in [3.8, 4) is 11.5 Å². The van der Waals surface area contributed by atoms with Gasteiger partial charge in [0.05, 0.1) is 36.7 Å². The number of hydrogen-bond acceptors (Lipinski definition) is 4. The van der Waals surface area contributed by atoms with Crippen LogP contribution < -0.4 is 18.9 Å². The Morgan fingerprint density at radius 2 is 1.72 bits per heavy atom. The molecule has 1 aliphatic heterocycles. The lowest BCUT2D eigenvalue weighted by Gasteiger charge is -2.22. The molecule has 0 saturated heterocycles. The molecule has 0 bridgehead atoms. The summed E-state index contributed by atoms with van der Waals surface area (Å²) in [5.74, 6) is 1.60. The van der Waals surface area contributed by atoms with E-state index in [4.69, 9.17) is 19.3 Å². The van der Waals surface area contributed by atoms with Crippen molar-refractivity contribution in [1.82, 2.24) is 14.7 Å². The van der Waals surface area contributed by atoms with Crippen LogP contribution in [0.5, 0.6) is 11.5 Å². The van der Waals surface area contributed by atoms with Crippen molar-refractivity contribution in [2.24, 2.45) is 0 Å². The first-order valence-electron chi connectivity index (χ1n) is 12.3. The largest absolute Gasteiger partial charge is 0.494 e. The summed E-state index contributed by atoms with van der Waals surface area (Å²) in [6.45, 7) is 0. The van der Waals surface area contributed by atoms with Crippen molar-refractivity contribution in [2.75, 3.05) is 21.3 Å². The summed E-state index contributed by atoms with van der Waals surface area (Å²) in [5, 5.41) is 4.42. The normalized spacial score (nSPS) is 15.6. The third-order valence-electron chi connectivity index (χ3n) is 7.62. The number of aryl methyl sites for hydroxylation is 1. The van der Waals surface area contributed by atoms with Gasteiger partial charge >= 0.3 is 0 Å². The molecule has 0 fully saturated rings. The molecule has 36 heavy (non-hydrogen) atoms. The number of ether oxygens (including phenoxy) is 2. The molecule has 7 rings (SSSR count). The number of rotatable bonds is 4. The SMILES string of the molecule is COc1c[n+]2c(c3[nH]c4ccccc4c13)CCCC2c1ncc(OC)c2c3ccccc3n(OC)c12. The third kappa shape index (κ3) is 2.74. The first kappa shape index (κ1) is 21.1. The van der Waals surface area contributed by atoms with Crippen LogP contribution in [0, 0.1) is 0 Å². The fourth-order valence-electron chi connectivity index (χ4n) is 6.10. The molecule has 180 valence electrons. The zero-order valence-corrected chi connectivity index (χ0v) is 20.5. The number of pyridine rings is 2. The first-order valence-corrected chi connectivity index (χ1v) is 12.3. The minimum Gasteiger partial charge on any atom is -0.494 e. The highest BCUT2D eigenvalue weighted by molar-refractivity contribution is 6.12. The van der Waals surface area contributed by atoms with E-state index >= 15 is 0 Å². The number of hydrogen-bond donors (Lipinski definition) is 1. The van der Waals surface area contributed by atoms with Gasteiger partial charge in [0.15, 0.2) is 5.75 Å². The van der Waals surface area contributed by atoms with Gasteiger partial charge in [-0.1, -0.05) is 36.4 Å². The van der Waals surface area contributed by atoms with E-state index in [1.165, 1.54) is 11.1 Å². The van der Waals surface area contributed by atoms with Crippen molar-refractivity contribution in [2.45, 2.75) is 25.3 Å². The Morgan fingerprint density at radius 3 is 2.53 bits per heavy atom. The van der Waals surface area contributed by atoms with E-state index in [0.29, 0.717) is 0 Å². The van der Waals surface area contributed by atoms with Gasteiger partial charge in [0, 0.05) is 29.1 Å². The second kappa shape index (κ2) is 7.88. The maximum Gasteiger partial charge on any atom is 0.212 e. The van der Waals surface area contributed by atoms with Crippen molar-refractivity contribution in [3.05, 3.63) is 72.3 Å². The maximum absolute atomic E-state index is 5.95. The topological polar surface area (TPSA) is 65.2 Å². The van der Waals surface area contributed by atoms with Crippen LogP contribution in [0.3, 0.4) is 0 Å². The summed E-state index contributed by atoms with van der Waals surface area (Å²) in [6.07, 6.45) is 7.00. The summed E-state index contributed by atoms with van der Waals surface area (Å²) in [4.78, 5) is 14.6. The van der Waals surface area contributed by atoms with Gasteiger partial charge in [0.1, 0.15) is 29.6 Å². The average molecular weight is 480 g/mol. The summed E-state index contributed by atoms with van der Waals surface area (Å²) in [5.41, 5.74) is 6.42. The Kier molecular flexibility index (Phi) is 4.61. The van der Waals surface area contributed by atoms with E-state index in [1.54, 1.807) is 21.3 Å². The molecule has 0 spiro atoms. The van der Waals surface area contributed by atoms with Crippen LogP contribution in [0.4, 0.5) is 0 Å². The maximum atomic E-state index is 5.95. The molecule has 0 radical (unpaired) electrons. The van der Waals surface area contributed by atoms with E-state index in [1.807, 2.05) is 23.1 Å². The Hall–Kier alpha value is -4.26. The molecule has 7 heteroatoms. The second-order valence-electron chi connectivity index (χ2n) is 9.31. The number of nitrogens with zero attached hydrogens (tertiary/aromatic N) is 3. The van der Waals surface area contributed by atoms with Crippen LogP contribution in [0.25, 0.3) is 43.6 Å². The molecule has 1 aliphatic rings. The molecule has 0 aliphatic carbocycles. The molecule has 0 saturated carbocycles. The van der Waals surface area contributed by atoms with Crippen LogP contribution in [-0.2, 0) is 6.42 Å². The number of methoxy groups -OCH3 is 2. The smallest absolute Gasteiger partial charge is 0.212 e. The Labute approximate surface area is 207 Å². The van der Waals surface area contributed by atoms with Gasteiger partial charge in [0.25, 0.3) is 0 Å². The van der Waals surface area contributed by atoms with Crippen LogP contribution in [0.15, 0.2) is 60.9 Å². The van der Waals surface area contributed by atoms with E-state index in [-0.39, 0.29) is 6.04 Å².